The van der Waals surface area contributed by atoms with Crippen molar-refractivity contribution >= 4 is 29.3 Å². The average molecular weight is 423 g/mol. The number of carbonyl (C=O) groups is 2. The number of hydrogen-bond donors (Lipinski definition) is 2. The quantitative estimate of drug-likeness (QED) is 0.592. The van der Waals surface area contributed by atoms with Crippen LogP contribution in [0.5, 0.6) is 5.75 Å². The number of thioether (sulfide) groups is 1. The molecule has 4 rings (SSSR count). The van der Waals surface area contributed by atoms with Crippen LogP contribution >= 0.6 is 11.8 Å². The molecule has 3 aromatic rings. The Morgan fingerprint density at radius 3 is 2.77 bits per heavy atom. The van der Waals surface area contributed by atoms with Gasteiger partial charge >= 0.3 is 0 Å². The molecule has 154 valence electrons. The second-order valence-corrected chi connectivity index (χ2v) is 7.78. The van der Waals surface area contributed by atoms with Gasteiger partial charge in [0.05, 0.1) is 18.4 Å². The number of aromatic nitrogens is 3. The largest absolute Gasteiger partial charge is 0.493 e. The molecule has 1 unspecified atom stereocenters. The number of anilines is 1. The van der Waals surface area contributed by atoms with Crippen LogP contribution in [0.3, 0.4) is 0 Å². The van der Waals surface area contributed by atoms with Crippen molar-refractivity contribution in [2.45, 2.75) is 17.6 Å². The molecule has 2 aromatic carbocycles. The van der Waals surface area contributed by atoms with E-state index < -0.39 is 0 Å². The van der Waals surface area contributed by atoms with Crippen LogP contribution in [0.4, 0.5) is 5.69 Å². The monoisotopic (exact) mass is 423 g/mol. The van der Waals surface area contributed by atoms with Gasteiger partial charge in [0.15, 0.2) is 5.16 Å². The number of carbonyl (C=O) groups excluding carboxylic acids is 2. The number of nitrogens with one attached hydrogen (secondary N) is 2. The van der Waals surface area contributed by atoms with Gasteiger partial charge in [-0.1, -0.05) is 30.0 Å². The summed E-state index contributed by atoms with van der Waals surface area (Å²) in [6.45, 7) is 0.569. The first kappa shape index (κ1) is 20.0. The molecule has 0 aliphatic carbocycles. The van der Waals surface area contributed by atoms with Gasteiger partial charge in [0.2, 0.25) is 5.91 Å². The minimum atomic E-state index is -0.160. The van der Waals surface area contributed by atoms with Gasteiger partial charge in [-0.05, 0) is 30.3 Å². The Bertz CT molecular complexity index is 1050. The number of fused-ring (bicyclic) bond motifs is 1. The zero-order valence-corrected chi connectivity index (χ0v) is 17.2. The molecular formula is C21H21N5O3S. The zero-order valence-electron chi connectivity index (χ0n) is 16.4. The highest BCUT2D eigenvalue weighted by molar-refractivity contribution is 7.99. The Morgan fingerprint density at radius 1 is 1.20 bits per heavy atom. The lowest BCUT2D eigenvalue weighted by Crippen LogP contribution is -2.32. The highest BCUT2D eigenvalue weighted by Crippen LogP contribution is 2.31. The molecule has 0 saturated carbocycles. The summed E-state index contributed by atoms with van der Waals surface area (Å²) in [6.07, 6.45) is 2.31. The lowest BCUT2D eigenvalue weighted by molar-refractivity contribution is -0.113. The molecule has 30 heavy (non-hydrogen) atoms. The molecule has 0 bridgehead atoms. The molecule has 1 aromatic heterocycles. The fraction of sp³-hybridized carbons (Fsp3) is 0.238. The van der Waals surface area contributed by atoms with Gasteiger partial charge in [0.1, 0.15) is 12.1 Å². The molecule has 1 aliphatic rings. The number of ether oxygens (including phenoxy) is 1. The smallest absolute Gasteiger partial charge is 0.251 e. The van der Waals surface area contributed by atoms with Crippen LogP contribution in [-0.2, 0) is 11.8 Å². The zero-order chi connectivity index (χ0) is 20.9. The van der Waals surface area contributed by atoms with E-state index in [2.05, 4.69) is 20.8 Å². The molecule has 2 amide bonds. The Balaban J connectivity index is 1.32. The predicted octanol–water partition coefficient (Wildman–Crippen LogP) is 2.80. The number of hydrogen-bond acceptors (Lipinski definition) is 6. The average Bonchev–Trinajstić information content (AvgIpc) is 3.18. The van der Waals surface area contributed by atoms with Crippen LogP contribution in [0, 0.1) is 0 Å². The van der Waals surface area contributed by atoms with Crippen molar-refractivity contribution in [2.24, 2.45) is 7.05 Å². The molecule has 2 heterocycles. The predicted molar refractivity (Wildman–Crippen MR) is 114 cm³/mol. The molecule has 8 nitrogen and oxygen atoms in total. The molecule has 0 spiro atoms. The van der Waals surface area contributed by atoms with E-state index in [0.29, 0.717) is 23.0 Å². The van der Waals surface area contributed by atoms with Crippen LogP contribution < -0.4 is 15.4 Å². The molecule has 9 heteroatoms. The first-order valence-corrected chi connectivity index (χ1v) is 10.5. The molecule has 0 saturated heterocycles. The Morgan fingerprint density at radius 2 is 2.00 bits per heavy atom. The number of nitrogens with zero attached hydrogens (tertiary/aromatic N) is 3. The second kappa shape index (κ2) is 9.00. The minimum Gasteiger partial charge on any atom is -0.493 e. The lowest BCUT2D eigenvalue weighted by atomic mass is 10.00. The van der Waals surface area contributed by atoms with Gasteiger partial charge in [-0.15, -0.1) is 10.2 Å². The topological polar surface area (TPSA) is 98.1 Å². The molecule has 1 atom stereocenters. The summed E-state index contributed by atoms with van der Waals surface area (Å²) in [4.78, 5) is 24.8. The third kappa shape index (κ3) is 4.62. The third-order valence-electron chi connectivity index (χ3n) is 4.70. The van der Waals surface area contributed by atoms with E-state index >= 15 is 0 Å². The van der Waals surface area contributed by atoms with Gasteiger partial charge in [0.25, 0.3) is 5.91 Å². The van der Waals surface area contributed by atoms with Crippen molar-refractivity contribution in [3.05, 3.63) is 66.0 Å². The van der Waals surface area contributed by atoms with Crippen molar-refractivity contribution in [3.63, 3.8) is 0 Å². The van der Waals surface area contributed by atoms with Gasteiger partial charge in [0, 0.05) is 30.3 Å². The van der Waals surface area contributed by atoms with E-state index in [-0.39, 0.29) is 23.6 Å². The van der Waals surface area contributed by atoms with Crippen molar-refractivity contribution < 1.29 is 14.3 Å². The third-order valence-corrected chi connectivity index (χ3v) is 5.73. The first-order chi connectivity index (χ1) is 14.6. The number of benzene rings is 2. The summed E-state index contributed by atoms with van der Waals surface area (Å²) >= 11 is 1.31. The molecule has 1 aliphatic heterocycles. The summed E-state index contributed by atoms with van der Waals surface area (Å²) in [5.41, 5.74) is 2.15. The van der Waals surface area contributed by atoms with E-state index in [9.17, 15) is 9.59 Å². The maximum atomic E-state index is 12.7. The standard InChI is InChI=1S/C21H21N5O3S/c1-26-13-22-25-21(26)30-12-19(27)23-15-8-6-14(7-9-15)20(28)24-17-10-11-29-18-5-3-2-4-16(17)18/h2-9,13,17H,10-12H2,1H3,(H,23,27)(H,24,28). The van der Waals surface area contributed by atoms with E-state index in [1.54, 1.807) is 35.2 Å². The summed E-state index contributed by atoms with van der Waals surface area (Å²) in [5, 5.41) is 14.3. The SMILES string of the molecule is Cn1cnnc1SCC(=O)Nc1ccc(C(=O)NC2CCOc3ccccc32)cc1. The number of amides is 2. The van der Waals surface area contributed by atoms with Crippen molar-refractivity contribution in [3.8, 4) is 5.75 Å². The number of para-hydroxylation sites is 1. The van der Waals surface area contributed by atoms with E-state index in [1.165, 1.54) is 11.8 Å². The van der Waals surface area contributed by atoms with E-state index in [4.69, 9.17) is 4.74 Å². The normalized spacial score (nSPS) is 15.0. The van der Waals surface area contributed by atoms with Gasteiger partial charge < -0.3 is 19.9 Å². The summed E-state index contributed by atoms with van der Waals surface area (Å²) in [5.74, 6) is 0.718. The molecule has 2 N–H and O–H groups in total. The Labute approximate surface area is 178 Å². The summed E-state index contributed by atoms with van der Waals surface area (Å²) in [7, 11) is 1.82. The van der Waals surface area contributed by atoms with Crippen LogP contribution in [0.25, 0.3) is 0 Å². The second-order valence-electron chi connectivity index (χ2n) is 6.84. The highest BCUT2D eigenvalue weighted by atomic mass is 32.2. The fourth-order valence-corrected chi connectivity index (χ4v) is 3.86. The number of aryl methyl sites for hydroxylation is 1. The van der Waals surface area contributed by atoms with Gasteiger partial charge in [-0.3, -0.25) is 9.59 Å². The van der Waals surface area contributed by atoms with Crippen molar-refractivity contribution in [1.82, 2.24) is 20.1 Å². The van der Waals surface area contributed by atoms with E-state index in [1.807, 2.05) is 31.3 Å². The maximum Gasteiger partial charge on any atom is 0.251 e. The number of rotatable bonds is 6. The van der Waals surface area contributed by atoms with Crippen molar-refractivity contribution in [1.29, 1.82) is 0 Å². The summed E-state index contributed by atoms with van der Waals surface area (Å²) < 4.78 is 7.39. The fourth-order valence-electron chi connectivity index (χ4n) is 3.17. The maximum absolute atomic E-state index is 12.7. The van der Waals surface area contributed by atoms with Crippen LogP contribution in [0.1, 0.15) is 28.4 Å². The minimum absolute atomic E-state index is 0.0838. The van der Waals surface area contributed by atoms with Crippen LogP contribution in [0.2, 0.25) is 0 Å². The lowest BCUT2D eigenvalue weighted by Gasteiger charge is -2.26. The van der Waals surface area contributed by atoms with Crippen LogP contribution in [-0.4, -0.2) is 38.9 Å². The van der Waals surface area contributed by atoms with Crippen molar-refractivity contribution in [2.75, 3.05) is 17.7 Å². The Hall–Kier alpha value is -3.33. The van der Waals surface area contributed by atoms with Gasteiger partial charge in [-0.2, -0.15) is 0 Å². The highest BCUT2D eigenvalue weighted by Gasteiger charge is 2.23. The molecule has 0 radical (unpaired) electrons. The van der Waals surface area contributed by atoms with E-state index in [0.717, 1.165) is 17.7 Å². The first-order valence-electron chi connectivity index (χ1n) is 9.49. The van der Waals surface area contributed by atoms with Gasteiger partial charge in [-0.25, -0.2) is 0 Å². The summed E-state index contributed by atoms with van der Waals surface area (Å²) in [6, 6.07) is 14.5. The molecular weight excluding hydrogens is 402 g/mol. The molecule has 0 fully saturated rings. The van der Waals surface area contributed by atoms with Crippen LogP contribution in [0.15, 0.2) is 60.0 Å². The Kier molecular flexibility index (Phi) is 5.99.